The fourth-order valence-corrected chi connectivity index (χ4v) is 2.49. The molecule has 0 radical (unpaired) electrons. The van der Waals surface area contributed by atoms with Gasteiger partial charge in [0.2, 0.25) is 5.88 Å². The second kappa shape index (κ2) is 13.5. The van der Waals surface area contributed by atoms with Crippen LogP contribution >= 0.6 is 0 Å². The minimum atomic E-state index is 0.234. The van der Waals surface area contributed by atoms with Crippen molar-refractivity contribution in [2.45, 2.75) is 53.0 Å². The Bertz CT molecular complexity index is 471. The Balaban J connectivity index is 2.56. The van der Waals surface area contributed by atoms with Gasteiger partial charge in [0, 0.05) is 32.0 Å². The number of guanidine groups is 1. The van der Waals surface area contributed by atoms with Crippen LogP contribution in [0.1, 0.15) is 52.0 Å². The van der Waals surface area contributed by atoms with Crippen LogP contribution in [0.2, 0.25) is 0 Å². The van der Waals surface area contributed by atoms with Gasteiger partial charge < -0.3 is 20.5 Å². The summed E-state index contributed by atoms with van der Waals surface area (Å²) in [7, 11) is 0. The second-order valence-corrected chi connectivity index (χ2v) is 6.10. The summed E-state index contributed by atoms with van der Waals surface area (Å²) >= 11 is 0. The SMILES string of the molecule is CCCOc1ccc(CN=C(NCC)NCC(CCC)CCO)cn1. The number of aliphatic hydroxyl groups excluding tert-OH is 1. The molecule has 0 spiro atoms. The molecule has 1 unspecified atom stereocenters. The number of aliphatic hydroxyl groups is 1. The van der Waals surface area contributed by atoms with Crippen LogP contribution in [0.3, 0.4) is 0 Å². The Morgan fingerprint density at radius 3 is 2.64 bits per heavy atom. The van der Waals surface area contributed by atoms with E-state index in [1.807, 2.05) is 18.3 Å². The molecule has 0 saturated carbocycles. The summed E-state index contributed by atoms with van der Waals surface area (Å²) in [5.74, 6) is 1.93. The third-order valence-corrected chi connectivity index (χ3v) is 3.81. The monoisotopic (exact) mass is 350 g/mol. The van der Waals surface area contributed by atoms with Gasteiger partial charge in [0.1, 0.15) is 0 Å². The molecule has 0 aliphatic heterocycles. The maximum atomic E-state index is 9.17. The molecule has 1 rings (SSSR count). The van der Waals surface area contributed by atoms with Crippen molar-refractivity contribution >= 4 is 5.96 Å². The number of aromatic nitrogens is 1. The molecule has 0 saturated heterocycles. The van der Waals surface area contributed by atoms with Crippen LogP contribution < -0.4 is 15.4 Å². The van der Waals surface area contributed by atoms with E-state index in [0.717, 1.165) is 50.3 Å². The van der Waals surface area contributed by atoms with Crippen molar-refractivity contribution in [3.63, 3.8) is 0 Å². The molecule has 0 aliphatic carbocycles. The lowest BCUT2D eigenvalue weighted by Gasteiger charge is -2.18. The van der Waals surface area contributed by atoms with Crippen molar-refractivity contribution in [2.75, 3.05) is 26.3 Å². The van der Waals surface area contributed by atoms with Gasteiger partial charge in [-0.05, 0) is 37.7 Å². The summed E-state index contributed by atoms with van der Waals surface area (Å²) < 4.78 is 5.49. The van der Waals surface area contributed by atoms with Gasteiger partial charge in [0.05, 0.1) is 13.2 Å². The van der Waals surface area contributed by atoms with Crippen LogP contribution in [-0.2, 0) is 6.54 Å². The topological polar surface area (TPSA) is 78.8 Å². The van der Waals surface area contributed by atoms with E-state index in [-0.39, 0.29) is 6.61 Å². The Labute approximate surface area is 152 Å². The molecule has 1 aromatic rings. The van der Waals surface area contributed by atoms with Gasteiger partial charge in [-0.3, -0.25) is 0 Å². The first-order chi connectivity index (χ1) is 12.2. The number of nitrogens with one attached hydrogen (secondary N) is 2. The highest BCUT2D eigenvalue weighted by molar-refractivity contribution is 5.79. The number of ether oxygens (including phenoxy) is 1. The first-order valence-corrected chi connectivity index (χ1v) is 9.44. The van der Waals surface area contributed by atoms with Crippen molar-refractivity contribution in [1.29, 1.82) is 0 Å². The van der Waals surface area contributed by atoms with Gasteiger partial charge in [0.15, 0.2) is 5.96 Å². The van der Waals surface area contributed by atoms with Crippen molar-refractivity contribution in [1.82, 2.24) is 15.6 Å². The third kappa shape index (κ3) is 9.29. The first kappa shape index (κ1) is 21.2. The molecule has 3 N–H and O–H groups in total. The van der Waals surface area contributed by atoms with E-state index in [4.69, 9.17) is 9.84 Å². The van der Waals surface area contributed by atoms with Crippen LogP contribution in [-0.4, -0.2) is 42.4 Å². The van der Waals surface area contributed by atoms with Crippen LogP contribution in [0.5, 0.6) is 5.88 Å². The molecule has 0 bridgehead atoms. The molecule has 0 amide bonds. The van der Waals surface area contributed by atoms with Crippen LogP contribution in [0.4, 0.5) is 0 Å². The Kier molecular flexibility index (Phi) is 11.4. The molecule has 0 aliphatic rings. The average Bonchev–Trinajstić information content (AvgIpc) is 2.63. The van der Waals surface area contributed by atoms with E-state index >= 15 is 0 Å². The predicted molar refractivity (Wildman–Crippen MR) is 103 cm³/mol. The van der Waals surface area contributed by atoms with E-state index in [9.17, 15) is 0 Å². The number of aliphatic imine (C=N–C) groups is 1. The Morgan fingerprint density at radius 2 is 2.04 bits per heavy atom. The van der Waals surface area contributed by atoms with E-state index in [2.05, 4.69) is 41.4 Å². The van der Waals surface area contributed by atoms with Gasteiger partial charge in [-0.2, -0.15) is 0 Å². The number of nitrogens with zero attached hydrogens (tertiary/aromatic N) is 2. The smallest absolute Gasteiger partial charge is 0.213 e. The molecule has 0 aromatic carbocycles. The zero-order chi connectivity index (χ0) is 18.3. The van der Waals surface area contributed by atoms with Crippen LogP contribution in [0.15, 0.2) is 23.3 Å². The van der Waals surface area contributed by atoms with Crippen LogP contribution in [0, 0.1) is 5.92 Å². The second-order valence-electron chi connectivity index (χ2n) is 6.10. The summed E-state index contributed by atoms with van der Waals surface area (Å²) in [6.07, 6.45) is 5.84. The maximum Gasteiger partial charge on any atom is 0.213 e. The quantitative estimate of drug-likeness (QED) is 0.399. The third-order valence-electron chi connectivity index (χ3n) is 3.81. The molecule has 6 heteroatoms. The van der Waals surface area contributed by atoms with Crippen molar-refractivity contribution in [3.8, 4) is 5.88 Å². The standard InChI is InChI=1S/C19H34N4O2/c1-4-7-16(10-11-24)13-22-19(20-6-3)23-15-17-8-9-18(21-14-17)25-12-5-2/h8-9,14,16,24H,4-7,10-13,15H2,1-3H3,(H2,20,22,23). The normalized spacial score (nSPS) is 12.7. The van der Waals surface area contributed by atoms with Gasteiger partial charge in [-0.25, -0.2) is 9.98 Å². The van der Waals surface area contributed by atoms with Gasteiger partial charge in [-0.15, -0.1) is 0 Å². The van der Waals surface area contributed by atoms with Crippen molar-refractivity contribution in [3.05, 3.63) is 23.9 Å². The summed E-state index contributed by atoms with van der Waals surface area (Å²) in [4.78, 5) is 8.92. The number of hydrogen-bond acceptors (Lipinski definition) is 4. The largest absolute Gasteiger partial charge is 0.478 e. The highest BCUT2D eigenvalue weighted by atomic mass is 16.5. The van der Waals surface area contributed by atoms with E-state index in [1.54, 1.807) is 0 Å². The molecule has 142 valence electrons. The Morgan fingerprint density at radius 1 is 1.20 bits per heavy atom. The Hall–Kier alpha value is -1.82. The lowest BCUT2D eigenvalue weighted by atomic mass is 10.0. The van der Waals surface area contributed by atoms with Crippen molar-refractivity contribution in [2.24, 2.45) is 10.9 Å². The molecule has 0 fully saturated rings. The minimum Gasteiger partial charge on any atom is -0.478 e. The minimum absolute atomic E-state index is 0.234. The predicted octanol–water partition coefficient (Wildman–Crippen LogP) is 2.72. The van der Waals surface area contributed by atoms with Gasteiger partial charge in [0.25, 0.3) is 0 Å². The average molecular weight is 351 g/mol. The van der Waals surface area contributed by atoms with E-state index in [1.165, 1.54) is 0 Å². The molecule has 25 heavy (non-hydrogen) atoms. The number of rotatable bonds is 12. The molecular formula is C19H34N4O2. The number of pyridine rings is 1. The van der Waals surface area contributed by atoms with Crippen LogP contribution in [0.25, 0.3) is 0 Å². The highest BCUT2D eigenvalue weighted by Crippen LogP contribution is 2.10. The van der Waals surface area contributed by atoms with Gasteiger partial charge >= 0.3 is 0 Å². The van der Waals surface area contributed by atoms with E-state index < -0.39 is 0 Å². The molecule has 6 nitrogen and oxygen atoms in total. The molecular weight excluding hydrogens is 316 g/mol. The fourth-order valence-electron chi connectivity index (χ4n) is 2.49. The lowest BCUT2D eigenvalue weighted by Crippen LogP contribution is -2.40. The maximum absolute atomic E-state index is 9.17. The molecule has 1 heterocycles. The first-order valence-electron chi connectivity index (χ1n) is 9.44. The summed E-state index contributed by atoms with van der Waals surface area (Å²) in [5.41, 5.74) is 1.04. The van der Waals surface area contributed by atoms with E-state index in [0.29, 0.717) is 24.9 Å². The summed E-state index contributed by atoms with van der Waals surface area (Å²) in [6.45, 7) is 9.41. The van der Waals surface area contributed by atoms with Gasteiger partial charge in [-0.1, -0.05) is 26.3 Å². The molecule has 1 aromatic heterocycles. The molecule has 1 atom stereocenters. The zero-order valence-electron chi connectivity index (χ0n) is 15.9. The summed E-state index contributed by atoms with van der Waals surface area (Å²) in [6, 6.07) is 3.89. The lowest BCUT2D eigenvalue weighted by molar-refractivity contribution is 0.251. The van der Waals surface area contributed by atoms with Crippen molar-refractivity contribution < 1.29 is 9.84 Å². The zero-order valence-corrected chi connectivity index (χ0v) is 15.9. The fraction of sp³-hybridized carbons (Fsp3) is 0.684. The number of hydrogen-bond donors (Lipinski definition) is 3. The summed E-state index contributed by atoms with van der Waals surface area (Å²) in [5, 5.41) is 15.8. The highest BCUT2D eigenvalue weighted by Gasteiger charge is 2.08.